The van der Waals surface area contributed by atoms with Crippen molar-refractivity contribution < 1.29 is 15.2 Å². The van der Waals surface area contributed by atoms with E-state index in [2.05, 4.69) is 0 Å². The van der Waals surface area contributed by atoms with Crippen molar-refractivity contribution in [3.8, 4) is 0 Å². The minimum absolute atomic E-state index is 0.0316. The molecule has 1 aliphatic heterocycles. The molecule has 168 valence electrons. The molecule has 1 saturated heterocycles. The van der Waals surface area contributed by atoms with E-state index in [9.17, 15) is 20.0 Å². The summed E-state index contributed by atoms with van der Waals surface area (Å²) in [4.78, 5) is 29.6. The third-order valence-corrected chi connectivity index (χ3v) is 6.37. The third-order valence-electron chi connectivity index (χ3n) is 6.37. The lowest BCUT2D eigenvalue weighted by molar-refractivity contribution is -0.991. The maximum atomic E-state index is 13.0. The first kappa shape index (κ1) is 22.0. The van der Waals surface area contributed by atoms with Crippen molar-refractivity contribution in [2.75, 3.05) is 31.1 Å². The van der Waals surface area contributed by atoms with Crippen LogP contribution < -0.4 is 15.7 Å². The normalized spacial score (nSPS) is 15.3. The summed E-state index contributed by atoms with van der Waals surface area (Å²) >= 11 is 0. The van der Waals surface area contributed by atoms with Crippen molar-refractivity contribution in [1.29, 1.82) is 0 Å². The summed E-state index contributed by atoms with van der Waals surface area (Å²) in [5.41, 5.74) is 4.23. The van der Waals surface area contributed by atoms with Gasteiger partial charge in [-0.3, -0.25) is 9.59 Å². The van der Waals surface area contributed by atoms with Crippen LogP contribution in [0.1, 0.15) is 27.0 Å². The molecule has 1 aromatic heterocycles. The van der Waals surface area contributed by atoms with Crippen LogP contribution >= 0.6 is 0 Å². The Hall–Kier alpha value is -3.20. The first-order valence-corrected chi connectivity index (χ1v) is 10.7. The lowest BCUT2D eigenvalue weighted by Crippen LogP contribution is -3.00. The van der Waals surface area contributed by atoms with E-state index in [1.807, 2.05) is 62.1 Å². The average molecular weight is 437 g/mol. The fourth-order valence-electron chi connectivity index (χ4n) is 4.36. The largest absolute Gasteiger partial charge is 0.595 e. The molecule has 32 heavy (non-hydrogen) atoms. The summed E-state index contributed by atoms with van der Waals surface area (Å²) in [6, 6.07) is 11.4. The van der Waals surface area contributed by atoms with Crippen molar-refractivity contribution in [2.45, 2.75) is 20.8 Å². The highest BCUT2D eigenvalue weighted by Gasteiger charge is 2.29. The van der Waals surface area contributed by atoms with Crippen LogP contribution in [-0.4, -0.2) is 46.8 Å². The predicted molar refractivity (Wildman–Crippen MR) is 124 cm³/mol. The molecule has 0 radical (unpaired) electrons. The highest BCUT2D eigenvalue weighted by Crippen LogP contribution is 2.32. The Morgan fingerprint density at radius 2 is 1.69 bits per heavy atom. The quantitative estimate of drug-likeness (QED) is 0.611. The number of hydrogen-bond acceptors (Lipinski definition) is 5. The zero-order chi connectivity index (χ0) is 23.2. The number of piperazine rings is 1. The molecule has 4 rings (SSSR count). The third kappa shape index (κ3) is 3.77. The number of quaternary nitrogens is 1. The van der Waals surface area contributed by atoms with Gasteiger partial charge in [-0.2, -0.15) is 5.23 Å². The molecule has 1 fully saturated rings. The second kappa shape index (κ2) is 8.38. The van der Waals surface area contributed by atoms with Gasteiger partial charge in [-0.25, -0.2) is 5.21 Å². The van der Waals surface area contributed by atoms with Gasteiger partial charge in [0, 0.05) is 44.2 Å². The van der Waals surface area contributed by atoms with E-state index in [1.54, 1.807) is 11.9 Å². The van der Waals surface area contributed by atoms with Gasteiger partial charge in [0.05, 0.1) is 5.52 Å². The highest BCUT2D eigenvalue weighted by molar-refractivity contribution is 5.98. The summed E-state index contributed by atoms with van der Waals surface area (Å²) in [6.45, 7) is 7.74. The van der Waals surface area contributed by atoms with Crippen molar-refractivity contribution in [2.24, 2.45) is 7.05 Å². The molecule has 0 spiro atoms. The first-order valence-electron chi connectivity index (χ1n) is 10.7. The Morgan fingerprint density at radius 1 is 1.00 bits per heavy atom. The molecule has 8 nitrogen and oxygen atoms in total. The number of carbonyl (C=O) groups is 1. The Labute approximate surface area is 186 Å². The molecule has 0 aliphatic carbocycles. The fraction of sp³-hybridized carbons (Fsp3) is 0.333. The summed E-state index contributed by atoms with van der Waals surface area (Å²) in [5.74, 6) is -0.0316. The van der Waals surface area contributed by atoms with Crippen molar-refractivity contribution >= 4 is 28.2 Å². The van der Waals surface area contributed by atoms with Crippen molar-refractivity contribution in [3.05, 3.63) is 74.2 Å². The molecule has 3 aromatic rings. The zero-order valence-corrected chi connectivity index (χ0v) is 18.8. The number of amides is 1. The molecule has 1 aliphatic rings. The number of carbonyl (C=O) groups excluding carboxylic acids is 1. The number of rotatable bonds is 3. The molecule has 2 N–H and O–H groups in total. The SMILES string of the molecule is Cc1ccc2c(c1)c(N1CCN(C(=O)c3ccc(C)c(C)c3)CC1)c([NH+]([O-])O)c(=O)n2C. The molecule has 0 bridgehead atoms. The number of hydrogen-bond donors (Lipinski definition) is 2. The highest BCUT2D eigenvalue weighted by atomic mass is 16.8. The summed E-state index contributed by atoms with van der Waals surface area (Å²) in [6.07, 6.45) is 0. The first-order chi connectivity index (χ1) is 15.2. The molecule has 1 atom stereocenters. The lowest BCUT2D eigenvalue weighted by Gasteiger charge is -2.37. The summed E-state index contributed by atoms with van der Waals surface area (Å²) in [5, 5.41) is 21.4. The molecule has 2 heterocycles. The number of aryl methyl sites for hydroxylation is 4. The van der Waals surface area contributed by atoms with Crippen molar-refractivity contribution in [3.63, 3.8) is 0 Å². The molecule has 1 unspecified atom stereocenters. The number of nitrogens with one attached hydrogen (secondary N) is 1. The molecule has 8 heteroatoms. The zero-order valence-electron chi connectivity index (χ0n) is 18.8. The van der Waals surface area contributed by atoms with Crippen LogP contribution in [0.15, 0.2) is 41.2 Å². The second-order valence-electron chi connectivity index (χ2n) is 8.49. The van der Waals surface area contributed by atoms with E-state index in [0.29, 0.717) is 42.9 Å². The number of benzene rings is 2. The van der Waals surface area contributed by atoms with Gasteiger partial charge in [-0.05, 0) is 56.2 Å². The minimum Gasteiger partial charge on any atom is -0.595 e. The van der Waals surface area contributed by atoms with Gasteiger partial charge in [-0.1, -0.05) is 17.7 Å². The van der Waals surface area contributed by atoms with E-state index >= 15 is 0 Å². The van der Waals surface area contributed by atoms with Gasteiger partial charge in [0.2, 0.25) is 0 Å². The topological polar surface area (TPSA) is 93.3 Å². The Morgan fingerprint density at radius 3 is 2.31 bits per heavy atom. The standard InChI is InChI=1S/C24H28N4O4/c1-15-5-8-20-19(13-15)21(22(28(31)32)24(30)25(20)4)26-9-11-27(12-10-26)23(29)18-7-6-16(2)17(3)14-18/h5-8,13-14,28,31H,9-12H2,1-4H3. The van der Waals surface area contributed by atoms with Gasteiger partial charge in [-0.15, -0.1) is 0 Å². The summed E-state index contributed by atoms with van der Waals surface area (Å²) in [7, 11) is 1.59. The summed E-state index contributed by atoms with van der Waals surface area (Å²) < 4.78 is 1.39. The Kier molecular flexibility index (Phi) is 5.77. The van der Waals surface area contributed by atoms with E-state index in [-0.39, 0.29) is 11.6 Å². The lowest BCUT2D eigenvalue weighted by atomic mass is 10.0. The van der Waals surface area contributed by atoms with Gasteiger partial charge >= 0.3 is 5.56 Å². The van der Waals surface area contributed by atoms with Gasteiger partial charge in [0.1, 0.15) is 5.69 Å². The van der Waals surface area contributed by atoms with Gasteiger partial charge < -0.3 is 19.6 Å². The minimum atomic E-state index is -1.24. The molecule has 0 saturated carbocycles. The number of nitrogens with zero attached hydrogens (tertiary/aromatic N) is 3. The second-order valence-corrected chi connectivity index (χ2v) is 8.49. The van der Waals surface area contributed by atoms with E-state index in [0.717, 1.165) is 22.1 Å². The van der Waals surface area contributed by atoms with Gasteiger partial charge in [0.15, 0.2) is 0 Å². The van der Waals surface area contributed by atoms with E-state index < -0.39 is 10.8 Å². The Bertz CT molecular complexity index is 1260. The van der Waals surface area contributed by atoms with Crippen LogP contribution in [0.5, 0.6) is 0 Å². The number of pyridine rings is 1. The van der Waals surface area contributed by atoms with Crippen molar-refractivity contribution in [1.82, 2.24) is 9.47 Å². The van der Waals surface area contributed by atoms with E-state index in [4.69, 9.17) is 0 Å². The molecular weight excluding hydrogens is 408 g/mol. The molecule has 2 aromatic carbocycles. The Balaban J connectivity index is 1.68. The molecule has 1 amide bonds. The monoisotopic (exact) mass is 436 g/mol. The van der Waals surface area contributed by atoms with Crippen LogP contribution in [0.3, 0.4) is 0 Å². The van der Waals surface area contributed by atoms with Crippen LogP contribution in [0, 0.1) is 26.0 Å². The van der Waals surface area contributed by atoms with Crippen LogP contribution in [0.4, 0.5) is 11.4 Å². The fourth-order valence-corrected chi connectivity index (χ4v) is 4.36. The maximum Gasteiger partial charge on any atom is 0.317 e. The average Bonchev–Trinajstić information content (AvgIpc) is 2.77. The van der Waals surface area contributed by atoms with E-state index in [1.165, 1.54) is 4.57 Å². The smallest absolute Gasteiger partial charge is 0.317 e. The maximum absolute atomic E-state index is 13.0. The predicted octanol–water partition coefficient (Wildman–Crippen LogP) is 1.83. The number of fused-ring (bicyclic) bond motifs is 1. The van der Waals surface area contributed by atoms with Crippen LogP contribution in [0.25, 0.3) is 10.9 Å². The van der Waals surface area contributed by atoms with Crippen LogP contribution in [0.2, 0.25) is 0 Å². The molecular formula is C24H28N4O4. The number of aromatic nitrogens is 1. The van der Waals surface area contributed by atoms with Crippen LogP contribution in [-0.2, 0) is 7.05 Å². The number of anilines is 1. The van der Waals surface area contributed by atoms with Gasteiger partial charge in [0.25, 0.3) is 11.6 Å².